The minimum atomic E-state index is -1.14. The van der Waals surface area contributed by atoms with Crippen LogP contribution in [0.4, 0.5) is 0 Å². The number of ether oxygens (including phenoxy) is 2. The normalized spacial score (nSPS) is 31.4. The van der Waals surface area contributed by atoms with Gasteiger partial charge in [-0.1, -0.05) is 51.1 Å². The minimum Gasteiger partial charge on any atom is -0.462 e. The first kappa shape index (κ1) is 35.4. The average molecular weight is 664 g/mol. The van der Waals surface area contributed by atoms with Crippen molar-refractivity contribution in [3.05, 3.63) is 47.7 Å². The molecule has 3 aliphatic rings. The highest BCUT2D eigenvalue weighted by Gasteiger charge is 2.44. The molecule has 5 rings (SSSR count). The predicted octanol–water partition coefficient (Wildman–Crippen LogP) is 3.68. The third-order valence-corrected chi connectivity index (χ3v) is 9.71. The second kappa shape index (κ2) is 15.1. The number of rotatable bonds is 3. The number of fused-ring (bicyclic) bond motifs is 4. The van der Waals surface area contributed by atoms with Crippen molar-refractivity contribution < 1.29 is 33.8 Å². The van der Waals surface area contributed by atoms with Gasteiger partial charge in [-0.25, -0.2) is 5.43 Å². The van der Waals surface area contributed by atoms with Crippen LogP contribution >= 0.6 is 0 Å². The molecule has 1 aliphatic carbocycles. The summed E-state index contributed by atoms with van der Waals surface area (Å²) in [5.74, 6) is -2.11. The molecule has 12 nitrogen and oxygen atoms in total. The number of pyridine rings is 1. The van der Waals surface area contributed by atoms with E-state index >= 15 is 0 Å². The number of esters is 2. The van der Waals surface area contributed by atoms with E-state index in [0.29, 0.717) is 45.1 Å². The summed E-state index contributed by atoms with van der Waals surface area (Å²) in [5, 5.41) is 19.5. The molecule has 12 heteroatoms. The highest BCUT2D eigenvalue weighted by molar-refractivity contribution is 5.91. The second-order valence-corrected chi connectivity index (χ2v) is 13.7. The number of amides is 2. The van der Waals surface area contributed by atoms with Gasteiger partial charge in [-0.2, -0.15) is 0 Å². The molecule has 5 atom stereocenters. The molecule has 1 unspecified atom stereocenters. The predicted molar refractivity (Wildman–Crippen MR) is 180 cm³/mol. The largest absolute Gasteiger partial charge is 0.462 e. The van der Waals surface area contributed by atoms with Crippen LogP contribution in [0.1, 0.15) is 96.9 Å². The number of aromatic nitrogens is 1. The molecule has 1 aromatic heterocycles. The molecule has 1 spiro atoms. The van der Waals surface area contributed by atoms with Gasteiger partial charge in [0.25, 0.3) is 11.8 Å². The molecule has 2 aromatic rings. The molecule has 4 N–H and O–H groups in total. The third-order valence-electron chi connectivity index (χ3n) is 9.71. The van der Waals surface area contributed by atoms with E-state index in [-0.39, 0.29) is 36.4 Å². The SMILES string of the molecule is CCC(=O)O[C@H]1CC[C@@]2(/C=C/c3ccc4ccc(nc4c3)[C@@H](C)NC(O)[C@@H]3CCCN(N3)C(=O)[C@H](C)NC(=O)[C@H](C(C)C)OC2=O)CC1. The van der Waals surface area contributed by atoms with Gasteiger partial charge in [-0.05, 0) is 76.0 Å². The van der Waals surface area contributed by atoms with E-state index in [1.807, 2.05) is 49.4 Å². The number of hydrazine groups is 1. The summed E-state index contributed by atoms with van der Waals surface area (Å²) in [4.78, 5) is 58.1. The topological polar surface area (TPSA) is 159 Å². The maximum Gasteiger partial charge on any atom is 0.316 e. The molecule has 1 saturated carbocycles. The van der Waals surface area contributed by atoms with Crippen LogP contribution in [0.2, 0.25) is 0 Å². The van der Waals surface area contributed by atoms with Crippen molar-refractivity contribution in [1.29, 1.82) is 0 Å². The van der Waals surface area contributed by atoms with Gasteiger partial charge in [-0.3, -0.25) is 34.5 Å². The van der Waals surface area contributed by atoms with Crippen LogP contribution in [0.5, 0.6) is 0 Å². The van der Waals surface area contributed by atoms with Crippen molar-refractivity contribution in [3.8, 4) is 0 Å². The van der Waals surface area contributed by atoms with Crippen LogP contribution in [0.25, 0.3) is 17.0 Å². The molecular weight excluding hydrogens is 614 g/mol. The van der Waals surface area contributed by atoms with E-state index in [1.165, 1.54) is 5.01 Å². The molecule has 2 fully saturated rings. The average Bonchev–Trinajstić information content (AvgIpc) is 3.08. The summed E-state index contributed by atoms with van der Waals surface area (Å²) in [5.41, 5.74) is 4.41. The van der Waals surface area contributed by atoms with Crippen LogP contribution in [0.15, 0.2) is 36.4 Å². The highest BCUT2D eigenvalue weighted by Crippen LogP contribution is 2.41. The minimum absolute atomic E-state index is 0.275. The molecule has 1 aromatic carbocycles. The summed E-state index contributed by atoms with van der Waals surface area (Å²) in [6.07, 6.45) is 4.58. The fourth-order valence-corrected chi connectivity index (χ4v) is 6.66. The summed E-state index contributed by atoms with van der Waals surface area (Å²) >= 11 is 0. The number of carbonyl (C=O) groups is 4. The van der Waals surface area contributed by atoms with E-state index in [2.05, 4.69) is 16.1 Å². The number of hydrogen-bond acceptors (Lipinski definition) is 10. The third kappa shape index (κ3) is 8.04. The lowest BCUT2D eigenvalue weighted by atomic mass is 9.72. The van der Waals surface area contributed by atoms with Gasteiger partial charge < -0.3 is 19.9 Å². The first-order chi connectivity index (χ1) is 22.9. The van der Waals surface area contributed by atoms with Gasteiger partial charge in [0.05, 0.1) is 22.7 Å². The maximum atomic E-state index is 14.1. The van der Waals surface area contributed by atoms with Gasteiger partial charge in [0, 0.05) is 24.4 Å². The molecule has 2 amide bonds. The zero-order valence-corrected chi connectivity index (χ0v) is 28.5. The smallest absolute Gasteiger partial charge is 0.316 e. The van der Waals surface area contributed by atoms with E-state index < -0.39 is 41.7 Å². The number of aliphatic hydroxyl groups is 1. The molecule has 2 aliphatic heterocycles. The van der Waals surface area contributed by atoms with Crippen LogP contribution in [0.3, 0.4) is 0 Å². The Hall–Kier alpha value is -3.87. The number of nitrogens with zero attached hydrogens (tertiary/aromatic N) is 2. The monoisotopic (exact) mass is 663 g/mol. The summed E-state index contributed by atoms with van der Waals surface area (Å²) in [7, 11) is 0. The Morgan fingerprint density at radius 2 is 1.83 bits per heavy atom. The number of aliphatic hydroxyl groups excluding tert-OH is 1. The second-order valence-electron chi connectivity index (χ2n) is 13.7. The summed E-state index contributed by atoms with van der Waals surface area (Å²) in [6.45, 7) is 9.26. The van der Waals surface area contributed by atoms with Gasteiger partial charge in [0.2, 0.25) is 0 Å². The van der Waals surface area contributed by atoms with Crippen molar-refractivity contribution >= 4 is 40.7 Å². The van der Waals surface area contributed by atoms with Crippen molar-refractivity contribution in [2.45, 2.75) is 116 Å². The lowest BCUT2D eigenvalue weighted by Gasteiger charge is -2.38. The molecule has 1 saturated heterocycles. The zero-order valence-electron chi connectivity index (χ0n) is 28.5. The number of nitrogens with one attached hydrogen (secondary N) is 3. The molecule has 48 heavy (non-hydrogen) atoms. The van der Waals surface area contributed by atoms with Gasteiger partial charge >= 0.3 is 11.9 Å². The van der Waals surface area contributed by atoms with Gasteiger partial charge in [0.15, 0.2) is 6.10 Å². The van der Waals surface area contributed by atoms with Crippen LogP contribution in [-0.4, -0.2) is 75.9 Å². The van der Waals surface area contributed by atoms with Crippen LogP contribution < -0.4 is 16.1 Å². The van der Waals surface area contributed by atoms with Crippen molar-refractivity contribution in [2.24, 2.45) is 11.3 Å². The Morgan fingerprint density at radius 3 is 2.54 bits per heavy atom. The number of benzene rings is 1. The Balaban J connectivity index is 1.51. The number of carbonyl (C=O) groups excluding carboxylic acids is 4. The van der Waals surface area contributed by atoms with Crippen molar-refractivity contribution in [2.75, 3.05) is 6.54 Å². The fourth-order valence-electron chi connectivity index (χ4n) is 6.66. The van der Waals surface area contributed by atoms with E-state index in [9.17, 15) is 24.3 Å². The lowest BCUT2D eigenvalue weighted by Crippen LogP contribution is -2.62. The number of cyclic esters (lactones) is 1. The Morgan fingerprint density at radius 1 is 1.10 bits per heavy atom. The Bertz CT molecular complexity index is 1540. The lowest BCUT2D eigenvalue weighted by molar-refractivity contribution is -0.170. The van der Waals surface area contributed by atoms with Crippen LogP contribution in [-0.2, 0) is 28.7 Å². The Labute approximate surface area is 282 Å². The molecule has 260 valence electrons. The maximum absolute atomic E-state index is 14.1. The zero-order chi connectivity index (χ0) is 34.6. The van der Waals surface area contributed by atoms with Crippen molar-refractivity contribution in [3.63, 3.8) is 0 Å². The first-order valence-electron chi connectivity index (χ1n) is 17.2. The first-order valence-corrected chi connectivity index (χ1v) is 17.2. The quantitative estimate of drug-likeness (QED) is 0.357. The van der Waals surface area contributed by atoms with Gasteiger partial charge in [0.1, 0.15) is 18.4 Å². The van der Waals surface area contributed by atoms with E-state index in [1.54, 1.807) is 27.7 Å². The molecule has 0 radical (unpaired) electrons. The molecule has 5 bridgehead atoms. The number of hydrogen-bond donors (Lipinski definition) is 4. The van der Waals surface area contributed by atoms with Gasteiger partial charge in [-0.15, -0.1) is 0 Å². The fraction of sp³-hybridized carbons (Fsp3) is 0.583. The summed E-state index contributed by atoms with van der Waals surface area (Å²) < 4.78 is 11.6. The van der Waals surface area contributed by atoms with E-state index in [0.717, 1.165) is 22.2 Å². The summed E-state index contributed by atoms with van der Waals surface area (Å²) in [6, 6.07) is 8.13. The Kier molecular flexibility index (Phi) is 11.2. The van der Waals surface area contributed by atoms with Crippen LogP contribution in [0, 0.1) is 11.3 Å². The molecular formula is C36H49N5O7. The molecule has 3 heterocycles. The van der Waals surface area contributed by atoms with E-state index in [4.69, 9.17) is 14.5 Å². The standard InChI is InChI=1S/C36H49N5O7/c1-6-30(42)47-26-14-17-36(18-15-26)16-13-24-9-10-25-11-12-27(39-29(25)20-24)22(4)37-32(43)28-8-7-19-41(40-28)34(45)23(5)38-33(44)31(21(2)3)48-35(36)46/h9-13,16,20-23,26,28,31-32,37,40,43H,6-8,14-15,17-19H2,1-5H3,(H,38,44)/b16-13+/t22-,23+,26-,28+,31+,32?,36-/m1/s1. The van der Waals surface area contributed by atoms with Crippen molar-refractivity contribution in [1.82, 2.24) is 26.1 Å². The highest BCUT2D eigenvalue weighted by atomic mass is 16.6.